The SMILES string of the molecule is CN1C[C@@H](Cl)[C@H]2OCC(O)(O)[C@H]21. The van der Waals surface area contributed by atoms with Crippen molar-refractivity contribution >= 4 is 11.6 Å². The maximum absolute atomic E-state index is 9.48. The lowest BCUT2D eigenvalue weighted by Gasteiger charge is -2.26. The molecule has 5 heteroatoms. The molecule has 2 aliphatic rings. The van der Waals surface area contributed by atoms with Crippen LogP contribution in [0.4, 0.5) is 0 Å². The maximum atomic E-state index is 9.48. The summed E-state index contributed by atoms with van der Waals surface area (Å²) in [4.78, 5) is 1.83. The van der Waals surface area contributed by atoms with Crippen LogP contribution < -0.4 is 0 Å². The Balaban J connectivity index is 2.23. The number of alkyl halides is 1. The van der Waals surface area contributed by atoms with Crippen LogP contribution in [-0.4, -0.2) is 58.6 Å². The molecule has 0 aromatic carbocycles. The molecule has 0 aromatic rings. The van der Waals surface area contributed by atoms with Crippen LogP contribution in [0.1, 0.15) is 0 Å². The summed E-state index contributed by atoms with van der Waals surface area (Å²) in [5.74, 6) is -1.73. The average molecular weight is 194 g/mol. The van der Waals surface area contributed by atoms with Crippen molar-refractivity contribution in [3.05, 3.63) is 0 Å². The van der Waals surface area contributed by atoms with Gasteiger partial charge in [-0.05, 0) is 7.05 Å². The molecule has 12 heavy (non-hydrogen) atoms. The maximum Gasteiger partial charge on any atom is 0.205 e. The zero-order valence-corrected chi connectivity index (χ0v) is 7.53. The van der Waals surface area contributed by atoms with E-state index in [1.807, 2.05) is 11.9 Å². The lowest BCUT2D eigenvalue weighted by molar-refractivity contribution is -0.184. The molecular formula is C7H12ClNO3. The Morgan fingerprint density at radius 2 is 2.25 bits per heavy atom. The fourth-order valence-corrected chi connectivity index (χ4v) is 2.49. The highest BCUT2D eigenvalue weighted by Gasteiger charge is 2.56. The van der Waals surface area contributed by atoms with Crippen LogP contribution in [0, 0.1) is 0 Å². The van der Waals surface area contributed by atoms with E-state index in [-0.39, 0.29) is 24.1 Å². The second-order valence-corrected chi connectivity index (χ2v) is 4.12. The molecule has 0 aromatic heterocycles. The minimum Gasteiger partial charge on any atom is -0.369 e. The average Bonchev–Trinajstić information content (AvgIpc) is 2.37. The number of likely N-dealkylation sites (tertiary alicyclic amines) is 1. The van der Waals surface area contributed by atoms with E-state index in [1.54, 1.807) is 0 Å². The van der Waals surface area contributed by atoms with Crippen molar-refractivity contribution in [2.75, 3.05) is 20.2 Å². The van der Waals surface area contributed by atoms with Crippen molar-refractivity contribution in [2.24, 2.45) is 0 Å². The van der Waals surface area contributed by atoms with Gasteiger partial charge in [0.15, 0.2) is 0 Å². The van der Waals surface area contributed by atoms with Crippen LogP contribution in [0.2, 0.25) is 0 Å². The van der Waals surface area contributed by atoms with Gasteiger partial charge in [-0.25, -0.2) is 0 Å². The predicted octanol–water partition coefficient (Wildman–Crippen LogP) is -1.01. The number of nitrogens with zero attached hydrogens (tertiary/aromatic N) is 1. The number of ether oxygens (including phenoxy) is 1. The molecule has 0 radical (unpaired) electrons. The van der Waals surface area contributed by atoms with Crippen molar-refractivity contribution in [1.82, 2.24) is 4.90 Å². The van der Waals surface area contributed by atoms with Gasteiger partial charge in [0.25, 0.3) is 0 Å². The van der Waals surface area contributed by atoms with Crippen LogP contribution in [0.15, 0.2) is 0 Å². The summed E-state index contributed by atoms with van der Waals surface area (Å²) in [6.07, 6.45) is -0.244. The normalized spacial score (nSPS) is 46.5. The third-order valence-corrected chi connectivity index (χ3v) is 2.95. The van der Waals surface area contributed by atoms with Crippen LogP contribution in [-0.2, 0) is 4.74 Å². The molecule has 2 saturated heterocycles. The van der Waals surface area contributed by atoms with Gasteiger partial charge in [-0.15, -0.1) is 11.6 Å². The van der Waals surface area contributed by atoms with Crippen molar-refractivity contribution in [2.45, 2.75) is 23.3 Å². The highest BCUT2D eigenvalue weighted by Crippen LogP contribution is 2.35. The van der Waals surface area contributed by atoms with E-state index in [9.17, 15) is 10.2 Å². The Morgan fingerprint density at radius 3 is 2.83 bits per heavy atom. The molecule has 0 saturated carbocycles. The topological polar surface area (TPSA) is 52.9 Å². The van der Waals surface area contributed by atoms with Gasteiger partial charge in [-0.2, -0.15) is 0 Å². The molecule has 2 heterocycles. The summed E-state index contributed by atoms with van der Waals surface area (Å²) in [5, 5.41) is 18.8. The van der Waals surface area contributed by atoms with E-state index in [4.69, 9.17) is 16.3 Å². The molecule has 70 valence electrons. The Morgan fingerprint density at radius 1 is 1.58 bits per heavy atom. The number of hydrogen-bond acceptors (Lipinski definition) is 4. The van der Waals surface area contributed by atoms with Crippen molar-refractivity contribution in [3.8, 4) is 0 Å². The number of aliphatic hydroxyl groups is 2. The second-order valence-electron chi connectivity index (χ2n) is 3.55. The van der Waals surface area contributed by atoms with E-state index < -0.39 is 5.79 Å². The summed E-state index contributed by atoms with van der Waals surface area (Å²) in [7, 11) is 1.82. The Labute approximate surface area is 75.7 Å². The van der Waals surface area contributed by atoms with Crippen molar-refractivity contribution < 1.29 is 14.9 Å². The summed E-state index contributed by atoms with van der Waals surface area (Å²) >= 11 is 5.95. The fraction of sp³-hybridized carbons (Fsp3) is 1.00. The number of hydrogen-bond donors (Lipinski definition) is 2. The molecule has 3 atom stereocenters. The van der Waals surface area contributed by atoms with Gasteiger partial charge in [0.2, 0.25) is 5.79 Å². The molecule has 4 nitrogen and oxygen atoms in total. The number of fused-ring (bicyclic) bond motifs is 1. The standard InChI is InChI=1S/C7H12ClNO3/c1-9-2-4(8)5-6(9)7(10,11)3-12-5/h4-6,10-11H,2-3H2,1H3/t4-,5-,6+/m1/s1. The van der Waals surface area contributed by atoms with Crippen LogP contribution in [0.5, 0.6) is 0 Å². The molecule has 2 fully saturated rings. The predicted molar refractivity (Wildman–Crippen MR) is 43.0 cm³/mol. The first-order valence-corrected chi connectivity index (χ1v) is 4.37. The van der Waals surface area contributed by atoms with E-state index in [0.29, 0.717) is 6.54 Å². The first-order valence-electron chi connectivity index (χ1n) is 3.93. The molecular weight excluding hydrogens is 182 g/mol. The largest absolute Gasteiger partial charge is 0.369 e. The molecule has 2 N–H and O–H groups in total. The fourth-order valence-electron chi connectivity index (χ4n) is 2.06. The lowest BCUT2D eigenvalue weighted by atomic mass is 10.1. The summed E-state index contributed by atoms with van der Waals surface area (Å²) in [6.45, 7) is 0.593. The summed E-state index contributed by atoms with van der Waals surface area (Å²) < 4.78 is 5.20. The van der Waals surface area contributed by atoms with Gasteiger partial charge in [-0.1, -0.05) is 0 Å². The van der Waals surface area contributed by atoms with Crippen LogP contribution in [0.3, 0.4) is 0 Å². The van der Waals surface area contributed by atoms with Gasteiger partial charge in [0.1, 0.15) is 6.61 Å². The minimum absolute atomic E-state index is 0.0457. The van der Waals surface area contributed by atoms with E-state index in [0.717, 1.165) is 0 Å². The third kappa shape index (κ3) is 1.07. The highest BCUT2D eigenvalue weighted by atomic mass is 35.5. The highest BCUT2D eigenvalue weighted by molar-refractivity contribution is 6.21. The molecule has 0 unspecified atom stereocenters. The second kappa shape index (κ2) is 2.56. The number of rotatable bonds is 0. The zero-order chi connectivity index (χ0) is 8.93. The summed E-state index contributed by atoms with van der Waals surface area (Å²) in [6, 6.07) is -0.375. The van der Waals surface area contributed by atoms with E-state index >= 15 is 0 Å². The van der Waals surface area contributed by atoms with E-state index in [2.05, 4.69) is 0 Å². The molecule has 0 amide bonds. The monoisotopic (exact) mass is 193 g/mol. The van der Waals surface area contributed by atoms with Gasteiger partial charge in [0.05, 0.1) is 17.5 Å². The molecule has 2 rings (SSSR count). The van der Waals surface area contributed by atoms with Crippen molar-refractivity contribution in [3.63, 3.8) is 0 Å². The molecule has 0 spiro atoms. The third-order valence-electron chi connectivity index (χ3n) is 2.57. The first-order chi connectivity index (χ1) is 5.52. The molecule has 0 aliphatic carbocycles. The Bertz CT molecular complexity index is 199. The molecule has 2 aliphatic heterocycles. The molecule has 0 bridgehead atoms. The van der Waals surface area contributed by atoms with Crippen molar-refractivity contribution in [1.29, 1.82) is 0 Å². The Kier molecular flexibility index (Phi) is 1.86. The summed E-state index contributed by atoms with van der Waals surface area (Å²) in [5.41, 5.74) is 0. The number of halogens is 1. The van der Waals surface area contributed by atoms with E-state index in [1.165, 1.54) is 0 Å². The van der Waals surface area contributed by atoms with Gasteiger partial charge >= 0.3 is 0 Å². The smallest absolute Gasteiger partial charge is 0.205 e. The zero-order valence-electron chi connectivity index (χ0n) is 6.77. The number of likely N-dealkylation sites (N-methyl/N-ethyl adjacent to an activating group) is 1. The quantitative estimate of drug-likeness (QED) is 0.382. The van der Waals surface area contributed by atoms with Crippen LogP contribution >= 0.6 is 11.6 Å². The van der Waals surface area contributed by atoms with Crippen LogP contribution in [0.25, 0.3) is 0 Å². The van der Waals surface area contributed by atoms with Gasteiger partial charge in [0, 0.05) is 6.54 Å². The first kappa shape index (κ1) is 8.72. The Hall–Kier alpha value is 0.130. The minimum atomic E-state index is -1.73. The van der Waals surface area contributed by atoms with Gasteiger partial charge in [-0.3, -0.25) is 4.90 Å². The van der Waals surface area contributed by atoms with Gasteiger partial charge < -0.3 is 14.9 Å². The lowest BCUT2D eigenvalue weighted by Crippen LogP contribution is -2.49.